The van der Waals surface area contributed by atoms with Gasteiger partial charge in [0.1, 0.15) is 0 Å². The van der Waals surface area contributed by atoms with Crippen molar-refractivity contribution in [2.45, 2.75) is 11.3 Å². The lowest BCUT2D eigenvalue weighted by atomic mass is 9.47. The van der Waals surface area contributed by atoms with Crippen molar-refractivity contribution >= 4 is 23.7 Å². The lowest BCUT2D eigenvalue weighted by Gasteiger charge is -2.52. The van der Waals surface area contributed by atoms with Crippen LogP contribution in [0.15, 0.2) is 84.0 Å². The zero-order chi connectivity index (χ0) is 20.5. The molecule has 7 rings (SSSR count). The Labute approximate surface area is 173 Å². The summed E-state index contributed by atoms with van der Waals surface area (Å²) in [6.45, 7) is 0. The second kappa shape index (κ2) is 5.89. The van der Waals surface area contributed by atoms with Crippen LogP contribution in [0.3, 0.4) is 0 Å². The van der Waals surface area contributed by atoms with Crippen molar-refractivity contribution in [3.05, 3.63) is 101 Å². The third-order valence-electron chi connectivity index (χ3n) is 6.96. The first kappa shape index (κ1) is 17.2. The Bertz CT molecular complexity index is 1190. The maximum absolute atomic E-state index is 13.8. The summed E-state index contributed by atoms with van der Waals surface area (Å²) in [5.74, 6) is -1.84. The van der Waals surface area contributed by atoms with Gasteiger partial charge in [0, 0.05) is 5.92 Å². The number of hydrogen-bond acceptors (Lipinski definition) is 4. The molecule has 0 unspecified atom stereocenters. The quantitative estimate of drug-likeness (QED) is 0.312. The molecule has 1 aliphatic heterocycles. The topological polar surface area (TPSA) is 70.0 Å². The first-order valence-electron chi connectivity index (χ1n) is 10.0. The summed E-state index contributed by atoms with van der Waals surface area (Å²) in [5, 5.41) is 13.1. The van der Waals surface area contributed by atoms with Gasteiger partial charge in [-0.1, -0.05) is 66.7 Å². The Morgan fingerprint density at radius 1 is 0.800 bits per heavy atom. The number of oxime groups is 1. The molecule has 1 heterocycles. The molecule has 146 valence electrons. The van der Waals surface area contributed by atoms with E-state index < -0.39 is 17.3 Å². The summed E-state index contributed by atoms with van der Waals surface area (Å²) in [6, 6.07) is 24.8. The molecule has 5 heteroatoms. The zero-order valence-corrected chi connectivity index (χ0v) is 16.0. The van der Waals surface area contributed by atoms with Gasteiger partial charge < -0.3 is 5.21 Å². The lowest BCUT2D eigenvalue weighted by Crippen LogP contribution is -2.54. The van der Waals surface area contributed by atoms with Crippen molar-refractivity contribution in [1.82, 2.24) is 0 Å². The van der Waals surface area contributed by atoms with E-state index in [0.29, 0.717) is 5.69 Å². The highest BCUT2D eigenvalue weighted by Crippen LogP contribution is 2.63. The molecule has 1 fully saturated rings. The molecule has 0 radical (unpaired) electrons. The highest BCUT2D eigenvalue weighted by molar-refractivity contribution is 6.25. The molecule has 2 atom stereocenters. The third-order valence-corrected chi connectivity index (χ3v) is 6.96. The van der Waals surface area contributed by atoms with Gasteiger partial charge in [0.25, 0.3) is 0 Å². The highest BCUT2D eigenvalue weighted by atomic mass is 16.4. The monoisotopic (exact) mass is 394 g/mol. The van der Waals surface area contributed by atoms with Gasteiger partial charge in [0.2, 0.25) is 11.8 Å². The molecule has 3 aromatic rings. The zero-order valence-electron chi connectivity index (χ0n) is 16.0. The van der Waals surface area contributed by atoms with E-state index >= 15 is 0 Å². The maximum atomic E-state index is 13.8. The highest BCUT2D eigenvalue weighted by Gasteiger charge is 2.68. The van der Waals surface area contributed by atoms with Gasteiger partial charge in [-0.05, 0) is 34.4 Å². The molecule has 30 heavy (non-hydrogen) atoms. The minimum Gasteiger partial charge on any atom is -0.411 e. The molecule has 1 N–H and O–H groups in total. The van der Waals surface area contributed by atoms with Crippen molar-refractivity contribution in [1.29, 1.82) is 0 Å². The SMILES string of the molecule is O=C1[C@@H]2C3c4ccccc4C(/C=N\O)(c4ccccc43)[C@H]2C(=O)N1c1ccccc1. The summed E-state index contributed by atoms with van der Waals surface area (Å²) >= 11 is 0. The summed E-state index contributed by atoms with van der Waals surface area (Å²) in [7, 11) is 0. The Hall–Kier alpha value is -3.73. The Morgan fingerprint density at radius 2 is 1.37 bits per heavy atom. The van der Waals surface area contributed by atoms with E-state index in [9.17, 15) is 14.8 Å². The van der Waals surface area contributed by atoms with Crippen LogP contribution in [0, 0.1) is 11.8 Å². The van der Waals surface area contributed by atoms with Crippen molar-refractivity contribution < 1.29 is 14.8 Å². The number of imide groups is 1. The number of para-hydroxylation sites is 1. The van der Waals surface area contributed by atoms with Crippen LogP contribution in [0.4, 0.5) is 5.69 Å². The molecule has 1 saturated heterocycles. The maximum Gasteiger partial charge on any atom is 0.239 e. The van der Waals surface area contributed by atoms with E-state index in [2.05, 4.69) is 5.16 Å². The van der Waals surface area contributed by atoms with Gasteiger partial charge in [-0.15, -0.1) is 5.16 Å². The van der Waals surface area contributed by atoms with Gasteiger partial charge in [-0.3, -0.25) is 9.59 Å². The van der Waals surface area contributed by atoms with Crippen LogP contribution < -0.4 is 4.90 Å². The number of anilines is 1. The first-order valence-corrected chi connectivity index (χ1v) is 10.0. The van der Waals surface area contributed by atoms with Crippen molar-refractivity contribution in [2.75, 3.05) is 4.90 Å². The predicted molar refractivity (Wildman–Crippen MR) is 112 cm³/mol. The van der Waals surface area contributed by atoms with Gasteiger partial charge in [-0.2, -0.15) is 0 Å². The number of hydrogen-bond donors (Lipinski definition) is 1. The van der Waals surface area contributed by atoms with E-state index in [1.54, 1.807) is 12.1 Å². The first-order chi connectivity index (χ1) is 14.7. The minimum absolute atomic E-state index is 0.194. The standard InChI is InChI=1S/C25H18N2O3/c28-23-21-20-16-10-4-6-12-18(16)25(14-26-30,19-13-7-5-11-17(19)20)22(21)24(29)27(23)15-8-2-1-3-9-15/h1-14,20-22,30H/b26-14-/t20?,21-,22-,25?/m1/s1. The van der Waals surface area contributed by atoms with Crippen LogP contribution in [0.1, 0.15) is 28.2 Å². The molecular weight excluding hydrogens is 376 g/mol. The van der Waals surface area contributed by atoms with Crippen molar-refractivity contribution in [3.8, 4) is 0 Å². The fraction of sp³-hybridized carbons (Fsp3) is 0.160. The van der Waals surface area contributed by atoms with Crippen LogP contribution >= 0.6 is 0 Å². The van der Waals surface area contributed by atoms with Crippen LogP contribution in [0.5, 0.6) is 0 Å². The molecule has 0 spiro atoms. The van der Waals surface area contributed by atoms with E-state index in [1.807, 2.05) is 66.7 Å². The number of carbonyl (C=O) groups excluding carboxylic acids is 2. The number of benzene rings is 3. The Morgan fingerprint density at radius 3 is 1.97 bits per heavy atom. The van der Waals surface area contributed by atoms with Gasteiger partial charge in [0.15, 0.2) is 0 Å². The lowest BCUT2D eigenvalue weighted by molar-refractivity contribution is -0.122. The molecule has 3 aliphatic carbocycles. The van der Waals surface area contributed by atoms with Gasteiger partial charge in [-0.25, -0.2) is 4.90 Å². The van der Waals surface area contributed by atoms with Gasteiger partial charge in [0.05, 0.1) is 29.2 Å². The van der Waals surface area contributed by atoms with E-state index in [0.717, 1.165) is 22.3 Å². The van der Waals surface area contributed by atoms with Crippen molar-refractivity contribution in [2.24, 2.45) is 17.0 Å². The van der Waals surface area contributed by atoms with E-state index in [-0.39, 0.29) is 17.7 Å². The predicted octanol–water partition coefficient (Wildman–Crippen LogP) is 3.70. The van der Waals surface area contributed by atoms with Gasteiger partial charge >= 0.3 is 0 Å². The Balaban J connectivity index is 1.68. The molecule has 4 aliphatic rings. The van der Waals surface area contributed by atoms with E-state index in [1.165, 1.54) is 11.1 Å². The molecular formula is C25H18N2O3. The number of amides is 2. The second-order valence-corrected chi connectivity index (χ2v) is 8.12. The molecule has 0 saturated carbocycles. The van der Waals surface area contributed by atoms with Crippen molar-refractivity contribution in [3.63, 3.8) is 0 Å². The molecule has 2 bridgehead atoms. The largest absolute Gasteiger partial charge is 0.411 e. The second-order valence-electron chi connectivity index (χ2n) is 8.12. The molecule has 0 aromatic heterocycles. The normalized spacial score (nSPS) is 28.5. The molecule has 2 amide bonds. The minimum atomic E-state index is -0.988. The molecule has 3 aromatic carbocycles. The third kappa shape index (κ3) is 1.85. The average molecular weight is 394 g/mol. The smallest absolute Gasteiger partial charge is 0.239 e. The van der Waals surface area contributed by atoms with Crippen LogP contribution in [0.2, 0.25) is 0 Å². The summed E-state index contributed by atoms with van der Waals surface area (Å²) in [4.78, 5) is 28.8. The van der Waals surface area contributed by atoms with Crippen LogP contribution in [0.25, 0.3) is 0 Å². The summed E-state index contributed by atoms with van der Waals surface area (Å²) in [5.41, 5.74) is 3.50. The number of carbonyl (C=O) groups is 2. The fourth-order valence-electron chi connectivity index (χ4n) is 5.97. The Kier molecular flexibility index (Phi) is 3.37. The summed E-state index contributed by atoms with van der Waals surface area (Å²) in [6.07, 6.45) is 1.46. The molecule has 5 nitrogen and oxygen atoms in total. The van der Waals surface area contributed by atoms with E-state index in [4.69, 9.17) is 0 Å². The fourth-order valence-corrected chi connectivity index (χ4v) is 5.97. The van der Waals surface area contributed by atoms with Crippen LogP contribution in [-0.4, -0.2) is 23.2 Å². The number of rotatable bonds is 2. The number of nitrogens with zero attached hydrogens (tertiary/aromatic N) is 2. The summed E-state index contributed by atoms with van der Waals surface area (Å²) < 4.78 is 0. The van der Waals surface area contributed by atoms with Crippen LogP contribution in [-0.2, 0) is 15.0 Å². The average Bonchev–Trinajstić information content (AvgIpc) is 3.06.